The number of unbranched alkanes of at least 4 members (excludes halogenated alkanes) is 1. The number of hydrogen-bond acceptors (Lipinski definition) is 3. The Bertz CT molecular complexity index is 740. The Morgan fingerprint density at radius 2 is 1.96 bits per heavy atom. The van der Waals surface area contributed by atoms with Crippen molar-refractivity contribution in [3.63, 3.8) is 0 Å². The van der Waals surface area contributed by atoms with Crippen molar-refractivity contribution in [1.82, 2.24) is 4.90 Å². The van der Waals surface area contributed by atoms with Crippen LogP contribution in [-0.4, -0.2) is 34.2 Å². The first-order chi connectivity index (χ1) is 11.7. The van der Waals surface area contributed by atoms with Crippen molar-refractivity contribution in [3.05, 3.63) is 47.2 Å². The lowest BCUT2D eigenvalue weighted by molar-refractivity contribution is -0.141. The molecule has 1 amide bonds. The van der Waals surface area contributed by atoms with Crippen molar-refractivity contribution in [2.45, 2.75) is 31.9 Å². The Morgan fingerprint density at radius 3 is 2.52 bits per heavy atom. The minimum atomic E-state index is -4.63. The van der Waals surface area contributed by atoms with E-state index in [1.54, 1.807) is 0 Å². The summed E-state index contributed by atoms with van der Waals surface area (Å²) in [5.41, 5.74) is -1.78. The van der Waals surface area contributed by atoms with Gasteiger partial charge in [0, 0.05) is 12.7 Å². The van der Waals surface area contributed by atoms with E-state index in [4.69, 9.17) is 0 Å². The lowest BCUT2D eigenvalue weighted by atomic mass is 9.86. The van der Waals surface area contributed by atoms with Crippen molar-refractivity contribution in [2.24, 2.45) is 0 Å². The lowest BCUT2D eigenvalue weighted by Gasteiger charge is -2.29. The highest BCUT2D eigenvalue weighted by Gasteiger charge is 2.41. The van der Waals surface area contributed by atoms with Crippen molar-refractivity contribution < 1.29 is 32.7 Å². The molecule has 0 radical (unpaired) electrons. The third kappa shape index (κ3) is 3.89. The van der Waals surface area contributed by atoms with Crippen LogP contribution in [0.15, 0.2) is 36.0 Å². The zero-order valence-electron chi connectivity index (χ0n) is 13.3. The van der Waals surface area contributed by atoms with Gasteiger partial charge in [-0.2, -0.15) is 13.2 Å². The molecule has 0 bridgehead atoms. The van der Waals surface area contributed by atoms with Gasteiger partial charge in [-0.15, -0.1) is 0 Å². The maximum Gasteiger partial charge on any atom is 0.416 e. The van der Waals surface area contributed by atoms with Crippen LogP contribution in [0.3, 0.4) is 0 Å². The summed E-state index contributed by atoms with van der Waals surface area (Å²) >= 11 is 0. The molecule has 0 saturated heterocycles. The first kappa shape index (κ1) is 18.7. The van der Waals surface area contributed by atoms with Crippen LogP contribution in [0.2, 0.25) is 0 Å². The number of carbonyl (C=O) groups excluding carboxylic acids is 2. The predicted octanol–water partition coefficient (Wildman–Crippen LogP) is 2.97. The van der Waals surface area contributed by atoms with E-state index < -0.39 is 40.9 Å². The Morgan fingerprint density at radius 1 is 1.28 bits per heavy atom. The summed E-state index contributed by atoms with van der Waals surface area (Å²) in [6.07, 6.45) is -2.38. The zero-order chi connectivity index (χ0) is 18.8. The smallest absolute Gasteiger partial charge is 0.416 e. The summed E-state index contributed by atoms with van der Waals surface area (Å²) in [6, 6.07) is 3.85. The van der Waals surface area contributed by atoms with Crippen LogP contribution in [-0.2, 0) is 20.6 Å². The molecule has 1 aliphatic rings. The number of benzene rings is 1. The fraction of sp³-hybridized carbons (Fsp3) is 0.353. The molecule has 0 fully saturated rings. The first-order valence-electron chi connectivity index (χ1n) is 7.63. The molecular formula is C17H16F3NO4. The van der Waals surface area contributed by atoms with E-state index in [2.05, 4.69) is 0 Å². The summed E-state index contributed by atoms with van der Waals surface area (Å²) in [7, 11) is 0. The topological polar surface area (TPSA) is 74.7 Å². The molecule has 1 unspecified atom stereocenters. The molecule has 1 aliphatic heterocycles. The van der Waals surface area contributed by atoms with Crippen molar-refractivity contribution in [1.29, 1.82) is 0 Å². The molecule has 1 aromatic rings. The number of carbonyl (C=O) groups is 3. The standard InChI is InChI=1S/C17H16F3NO4/c1-2-3-7-21-9-12(16(24)25)14(22)13(15(21)23)10-5-4-6-11(8-10)17(18,19)20/h4-6,8-9,13H,2-3,7H2,1H3,(H,24,25). The highest BCUT2D eigenvalue weighted by Crippen LogP contribution is 2.34. The average molecular weight is 355 g/mol. The number of ketones is 1. The summed E-state index contributed by atoms with van der Waals surface area (Å²) in [6.45, 7) is 2.06. The van der Waals surface area contributed by atoms with Crippen LogP contribution < -0.4 is 0 Å². The molecule has 5 nitrogen and oxygen atoms in total. The van der Waals surface area contributed by atoms with Crippen molar-refractivity contribution in [3.8, 4) is 0 Å². The number of Topliss-reactive ketones (excluding diaryl/α,β-unsaturated/α-hetero) is 1. The van der Waals surface area contributed by atoms with Gasteiger partial charge in [0.15, 0.2) is 5.78 Å². The second-order valence-corrected chi connectivity index (χ2v) is 5.65. The normalized spacial score (nSPS) is 18.3. The first-order valence-corrected chi connectivity index (χ1v) is 7.63. The summed E-state index contributed by atoms with van der Waals surface area (Å²) in [5.74, 6) is -4.83. The van der Waals surface area contributed by atoms with Crippen molar-refractivity contribution in [2.75, 3.05) is 6.54 Å². The number of hydrogen-bond donors (Lipinski definition) is 1. The van der Waals surface area contributed by atoms with Crippen LogP contribution in [0.4, 0.5) is 13.2 Å². The molecule has 1 aromatic carbocycles. The molecule has 25 heavy (non-hydrogen) atoms. The lowest BCUT2D eigenvalue weighted by Crippen LogP contribution is -2.42. The van der Waals surface area contributed by atoms with Gasteiger partial charge in [-0.05, 0) is 18.1 Å². The maximum absolute atomic E-state index is 12.9. The monoisotopic (exact) mass is 355 g/mol. The minimum absolute atomic E-state index is 0.168. The molecule has 1 atom stereocenters. The molecule has 0 aliphatic carbocycles. The SMILES string of the molecule is CCCCN1C=C(C(=O)O)C(=O)C(c2cccc(C(F)(F)F)c2)C1=O. The zero-order valence-corrected chi connectivity index (χ0v) is 13.3. The van der Waals surface area contributed by atoms with E-state index in [0.29, 0.717) is 12.5 Å². The summed E-state index contributed by atoms with van der Waals surface area (Å²) in [5, 5.41) is 9.18. The van der Waals surface area contributed by atoms with E-state index in [1.807, 2.05) is 6.92 Å². The fourth-order valence-electron chi connectivity index (χ4n) is 2.57. The Labute approximate surface area is 141 Å². The highest BCUT2D eigenvalue weighted by atomic mass is 19.4. The van der Waals surface area contributed by atoms with Crippen molar-refractivity contribution >= 4 is 17.7 Å². The molecule has 0 aromatic heterocycles. The number of nitrogens with zero attached hydrogens (tertiary/aromatic N) is 1. The molecule has 134 valence electrons. The minimum Gasteiger partial charge on any atom is -0.478 e. The number of amides is 1. The Balaban J connectivity index is 2.49. The van der Waals surface area contributed by atoms with Gasteiger partial charge in [-0.3, -0.25) is 9.59 Å². The van der Waals surface area contributed by atoms with E-state index in [-0.39, 0.29) is 12.1 Å². The van der Waals surface area contributed by atoms with E-state index in [9.17, 15) is 32.7 Å². The second-order valence-electron chi connectivity index (χ2n) is 5.65. The molecule has 1 heterocycles. The Kier molecular flexibility index (Phi) is 5.30. The van der Waals surface area contributed by atoms with E-state index in [1.165, 1.54) is 6.07 Å². The largest absolute Gasteiger partial charge is 0.478 e. The molecule has 2 rings (SSSR count). The summed E-state index contributed by atoms with van der Waals surface area (Å²) < 4.78 is 38.7. The van der Waals surface area contributed by atoms with Crippen LogP contribution in [0, 0.1) is 0 Å². The molecule has 0 spiro atoms. The maximum atomic E-state index is 12.9. The van der Waals surface area contributed by atoms with Gasteiger partial charge in [0.2, 0.25) is 5.91 Å². The predicted molar refractivity (Wildman–Crippen MR) is 81.5 cm³/mol. The van der Waals surface area contributed by atoms with Gasteiger partial charge >= 0.3 is 12.1 Å². The molecule has 8 heteroatoms. The van der Waals surface area contributed by atoms with Gasteiger partial charge in [-0.1, -0.05) is 31.5 Å². The van der Waals surface area contributed by atoms with Gasteiger partial charge in [0.25, 0.3) is 0 Å². The second kappa shape index (κ2) is 7.08. The van der Waals surface area contributed by atoms with E-state index >= 15 is 0 Å². The van der Waals surface area contributed by atoms with Gasteiger partial charge in [0.05, 0.1) is 5.56 Å². The fourth-order valence-corrected chi connectivity index (χ4v) is 2.57. The third-order valence-electron chi connectivity index (χ3n) is 3.87. The average Bonchev–Trinajstić information content (AvgIpc) is 2.53. The number of aliphatic carboxylic acids is 1. The van der Waals surface area contributed by atoms with Crippen LogP contribution >= 0.6 is 0 Å². The Hall–Kier alpha value is -2.64. The number of carboxylic acids is 1. The van der Waals surface area contributed by atoms with Gasteiger partial charge < -0.3 is 10.0 Å². The molecular weight excluding hydrogens is 339 g/mol. The number of alkyl halides is 3. The number of carboxylic acid groups (broad SMARTS) is 1. The molecule has 1 N–H and O–H groups in total. The molecule has 0 saturated carbocycles. The summed E-state index contributed by atoms with van der Waals surface area (Å²) in [4.78, 5) is 37.3. The number of halogens is 3. The van der Waals surface area contributed by atoms with Crippen LogP contribution in [0.1, 0.15) is 36.8 Å². The van der Waals surface area contributed by atoms with Crippen LogP contribution in [0.25, 0.3) is 0 Å². The van der Waals surface area contributed by atoms with Gasteiger partial charge in [-0.25, -0.2) is 4.79 Å². The highest BCUT2D eigenvalue weighted by molar-refractivity contribution is 6.27. The van der Waals surface area contributed by atoms with Crippen LogP contribution in [0.5, 0.6) is 0 Å². The van der Waals surface area contributed by atoms with E-state index in [0.717, 1.165) is 29.7 Å². The quantitative estimate of drug-likeness (QED) is 0.651. The van der Waals surface area contributed by atoms with Gasteiger partial charge in [0.1, 0.15) is 11.5 Å². The third-order valence-corrected chi connectivity index (χ3v) is 3.87. The number of rotatable bonds is 5.